The lowest BCUT2D eigenvalue weighted by Gasteiger charge is -2.25. The molecule has 2 unspecified atom stereocenters. The van der Waals surface area contributed by atoms with E-state index < -0.39 is 5.60 Å². The van der Waals surface area contributed by atoms with Crippen LogP contribution in [0.4, 0.5) is 5.82 Å². The Morgan fingerprint density at radius 3 is 2.74 bits per heavy atom. The lowest BCUT2D eigenvalue weighted by molar-refractivity contribution is 0.0263. The van der Waals surface area contributed by atoms with Crippen molar-refractivity contribution in [1.29, 1.82) is 5.26 Å². The lowest BCUT2D eigenvalue weighted by Crippen LogP contribution is -2.33. The number of hydrogen-bond donors (Lipinski definition) is 1. The van der Waals surface area contributed by atoms with Crippen LogP contribution in [0.1, 0.15) is 45.1 Å². The Hall–Kier alpha value is -2.98. The Balaban J connectivity index is 1.35. The van der Waals surface area contributed by atoms with Crippen LogP contribution in [0.2, 0.25) is 0 Å². The molecule has 3 aliphatic rings. The number of rotatable bonds is 4. The van der Waals surface area contributed by atoms with Gasteiger partial charge in [-0.2, -0.15) is 15.5 Å². The maximum absolute atomic E-state index is 10.4. The summed E-state index contributed by atoms with van der Waals surface area (Å²) in [5, 5.41) is 34.5. The molecule has 7 nitrogen and oxygen atoms in total. The van der Waals surface area contributed by atoms with Crippen LogP contribution in [0, 0.1) is 22.7 Å². The molecule has 0 bridgehead atoms. The van der Waals surface area contributed by atoms with E-state index in [1.807, 2.05) is 30.8 Å². The van der Waals surface area contributed by atoms with Crippen molar-refractivity contribution in [1.82, 2.24) is 20.0 Å². The van der Waals surface area contributed by atoms with E-state index in [1.165, 1.54) is 0 Å². The van der Waals surface area contributed by atoms with E-state index in [9.17, 15) is 10.4 Å². The van der Waals surface area contributed by atoms with Crippen molar-refractivity contribution in [3.8, 4) is 11.8 Å². The number of aromatic nitrogens is 4. The van der Waals surface area contributed by atoms with Crippen LogP contribution in [0.15, 0.2) is 36.7 Å². The summed E-state index contributed by atoms with van der Waals surface area (Å²) in [6, 6.07) is 10.9. The van der Waals surface area contributed by atoms with Crippen LogP contribution < -0.4 is 4.90 Å². The molecule has 1 N–H and O–H groups in total. The van der Waals surface area contributed by atoms with Gasteiger partial charge in [-0.05, 0) is 56.6 Å². The fourth-order valence-electron chi connectivity index (χ4n) is 5.50. The largest absolute Gasteiger partial charge is 0.390 e. The number of benzene rings is 1. The van der Waals surface area contributed by atoms with Crippen molar-refractivity contribution in [2.45, 2.75) is 50.5 Å². The highest BCUT2D eigenvalue weighted by atomic mass is 16.3. The maximum Gasteiger partial charge on any atom is 0.153 e. The third-order valence-corrected chi connectivity index (χ3v) is 7.88. The minimum Gasteiger partial charge on any atom is -0.390 e. The highest BCUT2D eigenvalue weighted by Gasteiger charge is 2.75. The first-order valence-corrected chi connectivity index (χ1v) is 11.1. The molecule has 158 valence electrons. The zero-order valence-electron chi connectivity index (χ0n) is 17.9. The van der Waals surface area contributed by atoms with E-state index in [4.69, 9.17) is 0 Å². The number of nitriles is 1. The van der Waals surface area contributed by atoms with Crippen LogP contribution >= 0.6 is 0 Å². The fourth-order valence-corrected chi connectivity index (χ4v) is 5.50. The van der Waals surface area contributed by atoms with E-state index in [1.54, 1.807) is 6.20 Å². The SMILES string of the molecule is CC(C)(O)C1CCN(c2cc(-n3ncc4ccc(C5(C#N)CC56CC6)cc43)cnn2)C1. The second kappa shape index (κ2) is 6.04. The van der Waals surface area contributed by atoms with Gasteiger partial charge in [0.25, 0.3) is 0 Å². The summed E-state index contributed by atoms with van der Waals surface area (Å²) in [5.74, 6) is 1.01. The number of aliphatic hydroxyl groups is 1. The van der Waals surface area contributed by atoms with Crippen molar-refractivity contribution in [2.75, 3.05) is 18.0 Å². The molecule has 0 amide bonds. The molecule has 1 saturated heterocycles. The van der Waals surface area contributed by atoms with Gasteiger partial charge in [-0.25, -0.2) is 4.68 Å². The second-order valence-corrected chi connectivity index (χ2v) is 10.2. The Labute approximate surface area is 181 Å². The van der Waals surface area contributed by atoms with Gasteiger partial charge in [-0.1, -0.05) is 12.1 Å². The zero-order chi connectivity index (χ0) is 21.4. The first-order valence-electron chi connectivity index (χ1n) is 11.1. The second-order valence-electron chi connectivity index (χ2n) is 10.2. The topological polar surface area (TPSA) is 90.9 Å². The average Bonchev–Trinajstić information content (AvgIpc) is 3.50. The van der Waals surface area contributed by atoms with Crippen LogP contribution in [-0.4, -0.2) is 43.8 Å². The molecule has 7 heteroatoms. The van der Waals surface area contributed by atoms with Crippen LogP contribution in [0.5, 0.6) is 0 Å². The standard InChI is InChI=1S/C24H26N6O/c1-22(2,31)18-5-8-29(13-18)21-10-19(12-26-28-21)30-20-9-17(4-3-16(20)11-27-30)24(15-25)14-23(24)6-7-23/h3-4,9-12,18,31H,5-8,13-14H2,1-2H3. The first-order chi connectivity index (χ1) is 14.9. The van der Waals surface area contributed by atoms with Gasteiger partial charge in [0.2, 0.25) is 0 Å². The normalized spacial score (nSPS) is 26.4. The molecule has 2 aliphatic carbocycles. The Morgan fingerprint density at radius 1 is 1.23 bits per heavy atom. The molecule has 3 aromatic rings. The summed E-state index contributed by atoms with van der Waals surface area (Å²) in [7, 11) is 0. The fraction of sp³-hybridized carbons (Fsp3) is 0.500. The van der Waals surface area contributed by atoms with Gasteiger partial charge in [0.1, 0.15) is 0 Å². The Morgan fingerprint density at radius 2 is 2.06 bits per heavy atom. The minimum absolute atomic E-state index is 0.210. The Kier molecular flexibility index (Phi) is 3.66. The summed E-state index contributed by atoms with van der Waals surface area (Å²) < 4.78 is 1.90. The van der Waals surface area contributed by atoms with Gasteiger partial charge < -0.3 is 10.0 Å². The predicted octanol–water partition coefficient (Wildman–Crippen LogP) is 3.36. The lowest BCUT2D eigenvalue weighted by atomic mass is 9.90. The van der Waals surface area contributed by atoms with Crippen molar-refractivity contribution < 1.29 is 5.11 Å². The van der Waals surface area contributed by atoms with E-state index in [-0.39, 0.29) is 16.7 Å². The molecule has 2 aromatic heterocycles. The molecule has 3 heterocycles. The summed E-state index contributed by atoms with van der Waals surface area (Å²) in [4.78, 5) is 2.18. The average molecular weight is 415 g/mol. The first kappa shape index (κ1) is 18.8. The molecule has 1 aliphatic heterocycles. The predicted molar refractivity (Wildman–Crippen MR) is 117 cm³/mol. The molecule has 31 heavy (non-hydrogen) atoms. The van der Waals surface area contributed by atoms with Crippen LogP contribution in [-0.2, 0) is 5.41 Å². The summed E-state index contributed by atoms with van der Waals surface area (Å²) in [6.07, 6.45) is 7.83. The monoisotopic (exact) mass is 414 g/mol. The van der Waals surface area contributed by atoms with Gasteiger partial charge in [-0.15, -0.1) is 5.10 Å². The quantitative estimate of drug-likeness (QED) is 0.704. The maximum atomic E-state index is 10.4. The zero-order valence-corrected chi connectivity index (χ0v) is 17.9. The molecule has 3 fully saturated rings. The number of nitrogens with zero attached hydrogens (tertiary/aromatic N) is 6. The third kappa shape index (κ3) is 2.71. The van der Waals surface area contributed by atoms with E-state index in [0.29, 0.717) is 0 Å². The van der Waals surface area contributed by atoms with Crippen LogP contribution in [0.25, 0.3) is 16.6 Å². The summed E-state index contributed by atoms with van der Waals surface area (Å²) in [5.41, 5.74) is 2.16. The van der Waals surface area contributed by atoms with Crippen molar-refractivity contribution in [2.24, 2.45) is 11.3 Å². The van der Waals surface area contributed by atoms with Crippen molar-refractivity contribution >= 4 is 16.7 Å². The highest BCUT2D eigenvalue weighted by molar-refractivity contribution is 5.82. The van der Waals surface area contributed by atoms with Gasteiger partial charge in [-0.3, -0.25) is 0 Å². The smallest absolute Gasteiger partial charge is 0.153 e. The summed E-state index contributed by atoms with van der Waals surface area (Å²) >= 11 is 0. The molecule has 2 saturated carbocycles. The minimum atomic E-state index is -0.702. The van der Waals surface area contributed by atoms with Gasteiger partial charge in [0.15, 0.2) is 5.82 Å². The molecule has 0 radical (unpaired) electrons. The third-order valence-electron chi connectivity index (χ3n) is 7.88. The van der Waals surface area contributed by atoms with Gasteiger partial charge in [0.05, 0.1) is 40.7 Å². The number of hydrogen-bond acceptors (Lipinski definition) is 6. The molecule has 6 rings (SSSR count). The van der Waals surface area contributed by atoms with Crippen LogP contribution in [0.3, 0.4) is 0 Å². The molecule has 1 spiro atoms. The van der Waals surface area contributed by atoms with Gasteiger partial charge >= 0.3 is 0 Å². The number of fused-ring (bicyclic) bond motifs is 1. The highest BCUT2D eigenvalue weighted by Crippen LogP contribution is 2.78. The van der Waals surface area contributed by atoms with Crippen molar-refractivity contribution in [3.05, 3.63) is 42.2 Å². The van der Waals surface area contributed by atoms with E-state index in [2.05, 4.69) is 44.5 Å². The Bertz CT molecular complexity index is 1230. The molecular weight excluding hydrogens is 388 g/mol. The summed E-state index contributed by atoms with van der Waals surface area (Å²) in [6.45, 7) is 5.36. The van der Waals surface area contributed by atoms with Gasteiger partial charge in [0, 0.05) is 30.5 Å². The van der Waals surface area contributed by atoms with E-state index >= 15 is 0 Å². The van der Waals surface area contributed by atoms with Crippen molar-refractivity contribution in [3.63, 3.8) is 0 Å². The van der Waals surface area contributed by atoms with E-state index in [0.717, 1.165) is 66.7 Å². The molecular formula is C24H26N6O. The molecule has 2 atom stereocenters. The number of anilines is 1. The molecule has 1 aromatic carbocycles.